The number of rotatable bonds is 4. The molecule has 0 saturated heterocycles. The van der Waals surface area contributed by atoms with Crippen LogP contribution in [0.2, 0.25) is 0 Å². The van der Waals surface area contributed by atoms with E-state index in [0.29, 0.717) is 24.1 Å². The van der Waals surface area contributed by atoms with Crippen LogP contribution in [0.15, 0.2) is 35.1 Å². The second-order valence-electron chi connectivity index (χ2n) is 4.11. The van der Waals surface area contributed by atoms with Crippen molar-refractivity contribution in [1.29, 1.82) is 0 Å². The molecule has 0 aliphatic carbocycles. The summed E-state index contributed by atoms with van der Waals surface area (Å²) in [7, 11) is 1.92. The van der Waals surface area contributed by atoms with Crippen molar-refractivity contribution in [1.82, 2.24) is 9.55 Å². The van der Waals surface area contributed by atoms with E-state index in [4.69, 9.17) is 5.73 Å². The fourth-order valence-electron chi connectivity index (χ4n) is 1.77. The van der Waals surface area contributed by atoms with Gasteiger partial charge in [-0.15, -0.1) is 0 Å². The van der Waals surface area contributed by atoms with Crippen LogP contribution in [0.5, 0.6) is 0 Å². The van der Waals surface area contributed by atoms with Gasteiger partial charge in [-0.1, -0.05) is 15.9 Å². The molecule has 94 valence electrons. The first-order chi connectivity index (χ1) is 8.58. The minimum absolute atomic E-state index is 0.0387. The van der Waals surface area contributed by atoms with Gasteiger partial charge in [-0.05, 0) is 18.2 Å². The largest absolute Gasteiger partial charge is 0.398 e. The number of hydrogen-bond acceptors (Lipinski definition) is 3. The number of nitrogens with zero attached hydrogens (tertiary/aromatic N) is 2. The van der Waals surface area contributed by atoms with Crippen LogP contribution in [0.4, 0.5) is 5.69 Å². The smallest absolute Gasteiger partial charge is 0.165 e. The summed E-state index contributed by atoms with van der Waals surface area (Å²) in [6.45, 7) is 0. The summed E-state index contributed by atoms with van der Waals surface area (Å²) in [6.07, 6.45) is 4.63. The monoisotopic (exact) mass is 307 g/mol. The summed E-state index contributed by atoms with van der Waals surface area (Å²) in [4.78, 5) is 16.3. The molecule has 5 heteroatoms. The number of aryl methyl sites for hydroxylation is 2. The molecule has 1 heterocycles. The number of carbonyl (C=O) groups excluding carboxylic acids is 1. The number of carbonyl (C=O) groups is 1. The fourth-order valence-corrected chi connectivity index (χ4v) is 2.13. The molecule has 2 aromatic rings. The predicted molar refractivity (Wildman–Crippen MR) is 74.4 cm³/mol. The summed E-state index contributed by atoms with van der Waals surface area (Å²) >= 11 is 3.34. The van der Waals surface area contributed by atoms with Crippen LogP contribution in [0, 0.1) is 0 Å². The number of imidazole rings is 1. The Morgan fingerprint density at radius 1 is 1.50 bits per heavy atom. The third kappa shape index (κ3) is 2.79. The van der Waals surface area contributed by atoms with E-state index < -0.39 is 0 Å². The van der Waals surface area contributed by atoms with Crippen LogP contribution >= 0.6 is 15.9 Å². The standard InChI is InChI=1S/C13H14BrN3O/c1-17-7-6-16-13(17)5-4-12(18)10-8-9(14)2-3-11(10)15/h2-3,6-8H,4-5,15H2,1H3. The number of hydrogen-bond donors (Lipinski definition) is 1. The maximum atomic E-state index is 12.1. The van der Waals surface area contributed by atoms with Crippen LogP contribution in [-0.4, -0.2) is 15.3 Å². The molecule has 0 amide bonds. The molecule has 0 unspecified atom stereocenters. The molecule has 0 bridgehead atoms. The zero-order valence-corrected chi connectivity index (χ0v) is 11.6. The van der Waals surface area contributed by atoms with Gasteiger partial charge in [0.1, 0.15) is 5.82 Å². The van der Waals surface area contributed by atoms with E-state index in [-0.39, 0.29) is 5.78 Å². The molecule has 0 saturated carbocycles. The van der Waals surface area contributed by atoms with Gasteiger partial charge in [-0.3, -0.25) is 4.79 Å². The molecule has 0 radical (unpaired) electrons. The highest BCUT2D eigenvalue weighted by molar-refractivity contribution is 9.10. The van der Waals surface area contributed by atoms with Crippen molar-refractivity contribution in [2.24, 2.45) is 7.05 Å². The van der Waals surface area contributed by atoms with Crippen molar-refractivity contribution in [3.8, 4) is 0 Å². The second-order valence-corrected chi connectivity index (χ2v) is 5.02. The van der Waals surface area contributed by atoms with Crippen molar-refractivity contribution in [3.05, 3.63) is 46.5 Å². The van der Waals surface area contributed by atoms with Crippen molar-refractivity contribution in [2.75, 3.05) is 5.73 Å². The zero-order chi connectivity index (χ0) is 13.1. The molecular weight excluding hydrogens is 294 g/mol. The molecule has 0 aliphatic heterocycles. The van der Waals surface area contributed by atoms with E-state index in [1.807, 2.05) is 23.9 Å². The van der Waals surface area contributed by atoms with Crippen LogP contribution in [0.3, 0.4) is 0 Å². The third-order valence-corrected chi connectivity index (χ3v) is 3.31. The van der Waals surface area contributed by atoms with Gasteiger partial charge in [-0.25, -0.2) is 4.98 Å². The third-order valence-electron chi connectivity index (χ3n) is 2.81. The van der Waals surface area contributed by atoms with E-state index in [0.717, 1.165) is 10.3 Å². The maximum absolute atomic E-state index is 12.1. The molecule has 0 fully saturated rings. The first kappa shape index (κ1) is 12.8. The summed E-state index contributed by atoms with van der Waals surface area (Å²) in [6, 6.07) is 5.32. The topological polar surface area (TPSA) is 60.9 Å². The van der Waals surface area contributed by atoms with E-state index in [1.54, 1.807) is 18.3 Å². The van der Waals surface area contributed by atoms with Crippen molar-refractivity contribution in [3.63, 3.8) is 0 Å². The number of Topliss-reactive ketones (excluding diaryl/α,β-unsaturated/α-hetero) is 1. The zero-order valence-electron chi connectivity index (χ0n) is 10.1. The Morgan fingerprint density at radius 2 is 2.28 bits per heavy atom. The Labute approximate surface area is 114 Å². The molecule has 2 N–H and O–H groups in total. The highest BCUT2D eigenvalue weighted by Gasteiger charge is 2.11. The quantitative estimate of drug-likeness (QED) is 0.697. The van der Waals surface area contributed by atoms with E-state index >= 15 is 0 Å². The van der Waals surface area contributed by atoms with Gasteiger partial charge in [0.15, 0.2) is 5.78 Å². The summed E-state index contributed by atoms with van der Waals surface area (Å²) in [5.41, 5.74) is 6.89. The predicted octanol–water partition coefficient (Wildman–Crippen LogP) is 2.58. The van der Waals surface area contributed by atoms with Gasteiger partial charge in [0.25, 0.3) is 0 Å². The average Bonchev–Trinajstić information content (AvgIpc) is 2.75. The summed E-state index contributed by atoms with van der Waals surface area (Å²) < 4.78 is 2.77. The average molecular weight is 308 g/mol. The molecule has 1 aromatic heterocycles. The summed E-state index contributed by atoms with van der Waals surface area (Å²) in [5.74, 6) is 0.939. The van der Waals surface area contributed by atoms with Gasteiger partial charge >= 0.3 is 0 Å². The van der Waals surface area contributed by atoms with Crippen molar-refractivity contribution >= 4 is 27.4 Å². The SMILES string of the molecule is Cn1ccnc1CCC(=O)c1cc(Br)ccc1N. The minimum Gasteiger partial charge on any atom is -0.398 e. The number of halogens is 1. The van der Waals surface area contributed by atoms with Crippen LogP contribution in [-0.2, 0) is 13.5 Å². The summed E-state index contributed by atoms with van der Waals surface area (Å²) in [5, 5.41) is 0. The number of ketones is 1. The lowest BCUT2D eigenvalue weighted by Gasteiger charge is -2.05. The number of nitrogens with two attached hydrogens (primary N) is 1. The Balaban J connectivity index is 2.08. The molecule has 0 spiro atoms. The number of benzene rings is 1. The lowest BCUT2D eigenvalue weighted by atomic mass is 10.0. The normalized spacial score (nSPS) is 10.6. The van der Waals surface area contributed by atoms with Crippen LogP contribution < -0.4 is 5.73 Å². The molecule has 2 rings (SSSR count). The Hall–Kier alpha value is -1.62. The Morgan fingerprint density at radius 3 is 2.94 bits per heavy atom. The highest BCUT2D eigenvalue weighted by Crippen LogP contribution is 2.20. The van der Waals surface area contributed by atoms with Gasteiger partial charge in [0.05, 0.1) is 0 Å². The molecule has 1 aromatic carbocycles. The van der Waals surface area contributed by atoms with Crippen LogP contribution in [0.25, 0.3) is 0 Å². The van der Waals surface area contributed by atoms with E-state index in [1.165, 1.54) is 0 Å². The molecular formula is C13H14BrN3O. The first-order valence-electron chi connectivity index (χ1n) is 5.62. The van der Waals surface area contributed by atoms with E-state index in [9.17, 15) is 4.79 Å². The number of nitrogen functional groups attached to an aromatic ring is 1. The number of aromatic nitrogens is 2. The lowest BCUT2D eigenvalue weighted by Crippen LogP contribution is -2.07. The number of anilines is 1. The Bertz CT molecular complexity index is 577. The first-order valence-corrected chi connectivity index (χ1v) is 6.41. The van der Waals surface area contributed by atoms with Crippen molar-refractivity contribution in [2.45, 2.75) is 12.8 Å². The lowest BCUT2D eigenvalue weighted by molar-refractivity contribution is 0.0983. The van der Waals surface area contributed by atoms with Gasteiger partial charge in [-0.2, -0.15) is 0 Å². The fraction of sp³-hybridized carbons (Fsp3) is 0.231. The van der Waals surface area contributed by atoms with Gasteiger partial charge in [0, 0.05) is 48.0 Å². The molecule has 18 heavy (non-hydrogen) atoms. The molecule has 0 aliphatic rings. The van der Waals surface area contributed by atoms with Gasteiger partial charge < -0.3 is 10.3 Å². The minimum atomic E-state index is 0.0387. The van der Waals surface area contributed by atoms with E-state index in [2.05, 4.69) is 20.9 Å². The maximum Gasteiger partial charge on any atom is 0.165 e. The van der Waals surface area contributed by atoms with Gasteiger partial charge in [0.2, 0.25) is 0 Å². The Kier molecular flexibility index (Phi) is 3.81. The van der Waals surface area contributed by atoms with Crippen molar-refractivity contribution < 1.29 is 4.79 Å². The van der Waals surface area contributed by atoms with Crippen LogP contribution in [0.1, 0.15) is 22.6 Å². The highest BCUT2D eigenvalue weighted by atomic mass is 79.9. The molecule has 4 nitrogen and oxygen atoms in total. The second kappa shape index (κ2) is 5.35. The molecule has 0 atom stereocenters.